The van der Waals surface area contributed by atoms with E-state index < -0.39 is 24.4 Å². The molecule has 0 heterocycles. The van der Waals surface area contributed by atoms with Gasteiger partial charge in [0.2, 0.25) is 0 Å². The molecular formula is C73H135N3O4. The van der Waals surface area contributed by atoms with Crippen LogP contribution in [0.1, 0.15) is 285 Å². The van der Waals surface area contributed by atoms with Crippen LogP contribution >= 0.6 is 0 Å². The van der Waals surface area contributed by atoms with Gasteiger partial charge < -0.3 is 25.3 Å². The molecule has 0 saturated carbocycles. The normalized spacial score (nSPS) is 14.4. The molecule has 0 aromatic carbocycles. The Labute approximate surface area is 498 Å². The number of hydrogen-bond acceptors (Lipinski definition) is 7. The van der Waals surface area contributed by atoms with Gasteiger partial charge in [0.1, 0.15) is 0 Å². The summed E-state index contributed by atoms with van der Waals surface area (Å²) >= 11 is 0. The third kappa shape index (κ3) is 60.2. The standard InChI is InChI=1S/C73H135N3O4/c1-6-10-14-18-22-26-30-34-38-42-46-50-54-58-70(77)66-75(67-71(78)59-55-51-47-43-39-35-31-27-23-19-15-11-7-2)64-62-74(5)63-65-76(68-72(79)60-56-52-48-44-40-36-32-28-24-20-16-12-8-3)69-73(80)61-57-53-49-45-41-37-33-29-25-21-17-13-9-4/h14-21,26-33,70-73,77-80H,6-13,22-25,34-69H2,1-5H3/b18-14-,19-15-,20-16-,21-17-,30-26-,31-27-,32-28-,33-29-. The molecule has 7 nitrogen and oxygen atoms in total. The van der Waals surface area contributed by atoms with Gasteiger partial charge in [-0.05, 0) is 135 Å². The molecule has 0 amide bonds. The number of hydrogen-bond donors (Lipinski definition) is 4. The SMILES string of the molecule is CCC/C=C\C/C=C\CCCCCCCC(O)CN(CCN(C)CCN(CC(O)CCCCCCC/C=C\C/C=C\CCC)CC(O)CCCCCCC/C=C\C/C=C\CCC)CC(O)CCCCCCC/C=C\C/C=C\CCC. The zero-order valence-corrected chi connectivity index (χ0v) is 53.6. The summed E-state index contributed by atoms with van der Waals surface area (Å²) in [6.07, 6.45) is 80.3. The molecule has 4 atom stereocenters. The lowest BCUT2D eigenvalue weighted by Crippen LogP contribution is -2.44. The smallest absolute Gasteiger partial charge is 0.0667 e. The van der Waals surface area contributed by atoms with Crippen LogP contribution in [-0.4, -0.2) is 119 Å². The Bertz CT molecular complexity index is 1280. The molecule has 0 rings (SSSR count). The van der Waals surface area contributed by atoms with E-state index in [1.807, 2.05) is 0 Å². The van der Waals surface area contributed by atoms with E-state index in [-0.39, 0.29) is 0 Å². The predicted octanol–water partition coefficient (Wildman–Crippen LogP) is 19.1. The minimum atomic E-state index is -0.397. The molecule has 0 aliphatic heterocycles. The van der Waals surface area contributed by atoms with Crippen molar-refractivity contribution in [2.45, 2.75) is 309 Å². The maximum absolute atomic E-state index is 11.3. The van der Waals surface area contributed by atoms with Crippen molar-refractivity contribution >= 4 is 0 Å². The molecule has 4 N–H and O–H groups in total. The fraction of sp³-hybridized carbons (Fsp3) is 0.781. The molecule has 0 spiro atoms. The van der Waals surface area contributed by atoms with Gasteiger partial charge in [0.05, 0.1) is 24.4 Å². The highest BCUT2D eigenvalue weighted by Gasteiger charge is 2.19. The summed E-state index contributed by atoms with van der Waals surface area (Å²) in [5, 5.41) is 45.4. The van der Waals surface area contributed by atoms with E-state index in [4.69, 9.17) is 0 Å². The summed E-state index contributed by atoms with van der Waals surface area (Å²) in [5.41, 5.74) is 0. The van der Waals surface area contributed by atoms with Crippen LogP contribution in [-0.2, 0) is 0 Å². The van der Waals surface area contributed by atoms with Crippen LogP contribution in [0.2, 0.25) is 0 Å². The zero-order valence-electron chi connectivity index (χ0n) is 53.6. The quantitative estimate of drug-likeness (QED) is 0.0356. The van der Waals surface area contributed by atoms with Gasteiger partial charge in [-0.3, -0.25) is 9.80 Å². The van der Waals surface area contributed by atoms with Crippen molar-refractivity contribution in [2.75, 3.05) is 59.4 Å². The second kappa shape index (κ2) is 64.2. The molecule has 0 radical (unpaired) electrons. The Kier molecular flexibility index (Phi) is 62.3. The van der Waals surface area contributed by atoms with Gasteiger partial charge in [-0.2, -0.15) is 0 Å². The van der Waals surface area contributed by atoms with Crippen LogP contribution in [0.4, 0.5) is 0 Å². The number of allylic oxidation sites excluding steroid dienone is 16. The number of unbranched alkanes of at least 4 members (excludes halogenated alkanes) is 24. The molecule has 0 saturated heterocycles. The van der Waals surface area contributed by atoms with Crippen LogP contribution < -0.4 is 0 Å². The van der Waals surface area contributed by atoms with Crippen molar-refractivity contribution in [1.29, 1.82) is 0 Å². The minimum absolute atomic E-state index is 0.397. The van der Waals surface area contributed by atoms with Crippen molar-refractivity contribution < 1.29 is 20.4 Å². The Morgan fingerprint density at radius 3 is 0.675 bits per heavy atom. The van der Waals surface area contributed by atoms with Crippen LogP contribution in [0.25, 0.3) is 0 Å². The van der Waals surface area contributed by atoms with Gasteiger partial charge in [0, 0.05) is 52.4 Å². The van der Waals surface area contributed by atoms with E-state index >= 15 is 0 Å². The Hall–Kier alpha value is -2.36. The minimum Gasteiger partial charge on any atom is -0.392 e. The van der Waals surface area contributed by atoms with E-state index in [9.17, 15) is 20.4 Å². The first-order chi connectivity index (χ1) is 39.2. The summed E-state index contributed by atoms with van der Waals surface area (Å²) in [5.74, 6) is 0. The highest BCUT2D eigenvalue weighted by Crippen LogP contribution is 2.16. The first-order valence-corrected chi connectivity index (χ1v) is 34.3. The molecule has 7 heteroatoms. The van der Waals surface area contributed by atoms with Crippen molar-refractivity contribution in [2.24, 2.45) is 0 Å². The Morgan fingerprint density at radius 2 is 0.450 bits per heavy atom. The van der Waals surface area contributed by atoms with Crippen LogP contribution in [0.5, 0.6) is 0 Å². The average molecular weight is 1120 g/mol. The molecule has 0 bridgehead atoms. The maximum atomic E-state index is 11.3. The van der Waals surface area contributed by atoms with Gasteiger partial charge in [-0.15, -0.1) is 0 Å². The van der Waals surface area contributed by atoms with E-state index in [1.54, 1.807) is 0 Å². The largest absolute Gasteiger partial charge is 0.392 e. The molecule has 4 unspecified atom stereocenters. The highest BCUT2D eigenvalue weighted by atomic mass is 16.3. The highest BCUT2D eigenvalue weighted by molar-refractivity contribution is 4.95. The lowest BCUT2D eigenvalue weighted by molar-refractivity contribution is 0.0492. The van der Waals surface area contributed by atoms with E-state index in [0.29, 0.717) is 26.2 Å². The molecule has 0 aliphatic rings. The van der Waals surface area contributed by atoms with Crippen molar-refractivity contribution in [3.8, 4) is 0 Å². The summed E-state index contributed by atoms with van der Waals surface area (Å²) < 4.78 is 0. The topological polar surface area (TPSA) is 90.6 Å². The Morgan fingerprint density at radius 1 is 0.250 bits per heavy atom. The zero-order chi connectivity index (χ0) is 58.3. The van der Waals surface area contributed by atoms with Gasteiger partial charge in [0.25, 0.3) is 0 Å². The van der Waals surface area contributed by atoms with Crippen molar-refractivity contribution in [1.82, 2.24) is 14.7 Å². The molecule has 80 heavy (non-hydrogen) atoms. The van der Waals surface area contributed by atoms with Gasteiger partial charge in [0.15, 0.2) is 0 Å². The second-order valence-corrected chi connectivity index (χ2v) is 23.7. The fourth-order valence-corrected chi connectivity index (χ4v) is 10.2. The number of aliphatic hydroxyl groups excluding tert-OH is 4. The van der Waals surface area contributed by atoms with Crippen molar-refractivity contribution in [3.05, 3.63) is 97.2 Å². The monoisotopic (exact) mass is 1120 g/mol. The lowest BCUT2D eigenvalue weighted by Gasteiger charge is -2.31. The molecule has 0 aliphatic carbocycles. The van der Waals surface area contributed by atoms with Gasteiger partial charge in [-0.1, -0.05) is 253 Å². The predicted molar refractivity (Wildman–Crippen MR) is 355 cm³/mol. The summed E-state index contributed by atoms with van der Waals surface area (Å²) in [6.45, 7) is 14.5. The third-order valence-electron chi connectivity index (χ3n) is 15.3. The first kappa shape index (κ1) is 77.6. The molecule has 466 valence electrons. The van der Waals surface area contributed by atoms with Gasteiger partial charge >= 0.3 is 0 Å². The molecule has 0 fully saturated rings. The molecule has 0 aromatic rings. The molecule has 0 aromatic heterocycles. The summed E-state index contributed by atoms with van der Waals surface area (Å²) in [4.78, 5) is 7.00. The number of likely N-dealkylation sites (N-methyl/N-ethyl adjacent to an activating group) is 1. The van der Waals surface area contributed by atoms with Gasteiger partial charge in [-0.25, -0.2) is 0 Å². The van der Waals surface area contributed by atoms with Crippen LogP contribution in [0.3, 0.4) is 0 Å². The summed E-state index contributed by atoms with van der Waals surface area (Å²) in [7, 11) is 2.18. The second-order valence-electron chi connectivity index (χ2n) is 23.7. The third-order valence-corrected chi connectivity index (χ3v) is 15.3. The Balaban J connectivity index is 5.33. The maximum Gasteiger partial charge on any atom is 0.0667 e. The van der Waals surface area contributed by atoms with Crippen molar-refractivity contribution in [3.63, 3.8) is 0 Å². The first-order valence-electron chi connectivity index (χ1n) is 34.3. The van der Waals surface area contributed by atoms with E-state index in [0.717, 1.165) is 155 Å². The number of nitrogens with zero attached hydrogens (tertiary/aromatic N) is 3. The molecular weight excluding hydrogens is 983 g/mol. The lowest BCUT2D eigenvalue weighted by atomic mass is 10.0. The van der Waals surface area contributed by atoms with E-state index in [2.05, 4.69) is 147 Å². The number of rotatable bonds is 62. The number of aliphatic hydroxyl groups is 4. The summed E-state index contributed by atoms with van der Waals surface area (Å²) in [6, 6.07) is 0. The van der Waals surface area contributed by atoms with E-state index in [1.165, 1.54) is 128 Å². The fourth-order valence-electron chi connectivity index (χ4n) is 10.2. The van der Waals surface area contributed by atoms with Crippen LogP contribution in [0, 0.1) is 0 Å². The average Bonchev–Trinajstić information content (AvgIpc) is 3.44. The van der Waals surface area contributed by atoms with Crippen LogP contribution in [0.15, 0.2) is 97.2 Å².